The van der Waals surface area contributed by atoms with Gasteiger partial charge in [0.2, 0.25) is 0 Å². The maximum atomic E-state index is 4.70. The first-order chi connectivity index (χ1) is 8.74. The molecule has 0 aromatic carbocycles. The van der Waals surface area contributed by atoms with Crippen LogP contribution in [0.2, 0.25) is 0 Å². The van der Waals surface area contributed by atoms with Crippen LogP contribution in [-0.4, -0.2) is 21.0 Å². The third kappa shape index (κ3) is 2.22. The van der Waals surface area contributed by atoms with Crippen molar-refractivity contribution in [2.45, 2.75) is 32.4 Å². The minimum atomic E-state index is 0.489. The van der Waals surface area contributed by atoms with Crippen molar-refractivity contribution in [2.75, 3.05) is 6.54 Å². The molecule has 3 rings (SSSR count). The third-order valence-electron chi connectivity index (χ3n) is 3.66. The molecule has 1 fully saturated rings. The Kier molecular flexibility index (Phi) is 3.22. The average Bonchev–Trinajstić information content (AvgIpc) is 3.02. The summed E-state index contributed by atoms with van der Waals surface area (Å²) in [6.07, 6.45) is 4.63. The molecule has 4 heteroatoms. The van der Waals surface area contributed by atoms with E-state index in [1.165, 1.54) is 30.8 Å². The van der Waals surface area contributed by atoms with Crippen LogP contribution < -0.4 is 0 Å². The predicted octanol–water partition coefficient (Wildman–Crippen LogP) is 3.13. The zero-order valence-electron chi connectivity index (χ0n) is 11.0. The van der Waals surface area contributed by atoms with E-state index >= 15 is 0 Å². The number of hydrogen-bond donors (Lipinski definition) is 0. The number of aryl methyl sites for hydroxylation is 2. The van der Waals surface area contributed by atoms with E-state index < -0.39 is 0 Å². The van der Waals surface area contributed by atoms with Crippen molar-refractivity contribution < 1.29 is 0 Å². The van der Waals surface area contributed by atoms with Gasteiger partial charge in [-0.25, -0.2) is 4.98 Å². The second-order valence-corrected chi connectivity index (χ2v) is 5.89. The van der Waals surface area contributed by atoms with Gasteiger partial charge in [-0.15, -0.1) is 0 Å². The highest BCUT2D eigenvalue weighted by molar-refractivity contribution is 7.07. The van der Waals surface area contributed by atoms with Gasteiger partial charge >= 0.3 is 0 Å². The molecule has 18 heavy (non-hydrogen) atoms. The lowest BCUT2D eigenvalue weighted by Crippen LogP contribution is -2.24. The Balaban J connectivity index is 1.81. The summed E-state index contributed by atoms with van der Waals surface area (Å²) in [4.78, 5) is 7.25. The fraction of sp³-hybridized carbons (Fsp3) is 0.500. The lowest BCUT2D eigenvalue weighted by Gasteiger charge is -2.23. The van der Waals surface area contributed by atoms with Crippen molar-refractivity contribution in [3.63, 3.8) is 0 Å². The first-order valence-electron chi connectivity index (χ1n) is 6.49. The topological polar surface area (TPSA) is 21.1 Å². The Morgan fingerprint density at radius 1 is 1.50 bits per heavy atom. The number of hydrogen-bond acceptors (Lipinski definition) is 3. The predicted molar refractivity (Wildman–Crippen MR) is 74.6 cm³/mol. The molecule has 3 heterocycles. The van der Waals surface area contributed by atoms with Crippen LogP contribution in [0.25, 0.3) is 0 Å². The zero-order valence-corrected chi connectivity index (χ0v) is 11.8. The average molecular weight is 261 g/mol. The summed E-state index contributed by atoms with van der Waals surface area (Å²) < 4.78 is 2.19. The molecule has 3 nitrogen and oxygen atoms in total. The van der Waals surface area contributed by atoms with E-state index in [9.17, 15) is 0 Å². The van der Waals surface area contributed by atoms with Gasteiger partial charge in [-0.1, -0.05) is 0 Å². The molecule has 1 saturated heterocycles. The molecule has 96 valence electrons. The largest absolute Gasteiger partial charge is 0.336 e. The van der Waals surface area contributed by atoms with Gasteiger partial charge in [-0.2, -0.15) is 11.3 Å². The highest BCUT2D eigenvalue weighted by atomic mass is 32.1. The Hall–Kier alpha value is -1.13. The normalized spacial score (nSPS) is 20.7. The fourth-order valence-electron chi connectivity index (χ4n) is 2.87. The molecule has 0 saturated carbocycles. The van der Waals surface area contributed by atoms with Gasteiger partial charge in [0.25, 0.3) is 0 Å². The van der Waals surface area contributed by atoms with Crippen LogP contribution in [0.1, 0.15) is 36.0 Å². The van der Waals surface area contributed by atoms with Crippen molar-refractivity contribution >= 4 is 11.3 Å². The standard InChI is InChI=1S/C14H19N3S/c1-11-8-16(2)14(15-11)13-4-3-6-17(13)9-12-5-7-18-10-12/h5,7-8,10,13H,3-4,6,9H2,1-2H3. The summed E-state index contributed by atoms with van der Waals surface area (Å²) >= 11 is 1.78. The molecule has 0 radical (unpaired) electrons. The Bertz CT molecular complexity index is 515. The summed E-state index contributed by atoms with van der Waals surface area (Å²) in [7, 11) is 2.11. The van der Waals surface area contributed by atoms with Crippen molar-refractivity contribution in [3.8, 4) is 0 Å². The Morgan fingerprint density at radius 3 is 3.06 bits per heavy atom. The van der Waals surface area contributed by atoms with E-state index in [4.69, 9.17) is 4.98 Å². The molecule has 0 spiro atoms. The molecule has 1 aliphatic heterocycles. The van der Waals surface area contributed by atoms with Gasteiger partial charge in [0.05, 0.1) is 11.7 Å². The summed E-state index contributed by atoms with van der Waals surface area (Å²) in [6.45, 7) is 4.31. The van der Waals surface area contributed by atoms with Gasteiger partial charge in [0.15, 0.2) is 0 Å². The van der Waals surface area contributed by atoms with Gasteiger partial charge in [-0.3, -0.25) is 4.90 Å². The van der Waals surface area contributed by atoms with Crippen LogP contribution in [0.15, 0.2) is 23.0 Å². The van der Waals surface area contributed by atoms with Crippen LogP contribution in [-0.2, 0) is 13.6 Å². The number of thiophene rings is 1. The van der Waals surface area contributed by atoms with E-state index in [1.807, 2.05) is 0 Å². The third-order valence-corrected chi connectivity index (χ3v) is 4.39. The quantitative estimate of drug-likeness (QED) is 0.846. The van der Waals surface area contributed by atoms with Crippen molar-refractivity contribution in [1.82, 2.24) is 14.5 Å². The van der Waals surface area contributed by atoms with Crippen LogP contribution >= 0.6 is 11.3 Å². The highest BCUT2D eigenvalue weighted by Gasteiger charge is 2.29. The van der Waals surface area contributed by atoms with Crippen molar-refractivity contribution in [2.24, 2.45) is 7.05 Å². The minimum absolute atomic E-state index is 0.489. The van der Waals surface area contributed by atoms with Crippen molar-refractivity contribution in [1.29, 1.82) is 0 Å². The summed E-state index contributed by atoms with van der Waals surface area (Å²) in [6, 6.07) is 2.72. The molecule has 1 atom stereocenters. The van der Waals surface area contributed by atoms with Gasteiger partial charge in [0, 0.05) is 19.8 Å². The smallest absolute Gasteiger partial charge is 0.126 e. The second-order valence-electron chi connectivity index (χ2n) is 5.11. The number of nitrogens with zero attached hydrogens (tertiary/aromatic N) is 3. The summed E-state index contributed by atoms with van der Waals surface area (Å²) in [5.41, 5.74) is 2.55. The van der Waals surface area contributed by atoms with Crippen LogP contribution in [0.4, 0.5) is 0 Å². The van der Waals surface area contributed by atoms with E-state index in [-0.39, 0.29) is 0 Å². The zero-order chi connectivity index (χ0) is 12.5. The number of likely N-dealkylation sites (tertiary alicyclic amines) is 1. The highest BCUT2D eigenvalue weighted by Crippen LogP contribution is 2.32. The molecule has 0 bridgehead atoms. The molecule has 1 unspecified atom stereocenters. The van der Waals surface area contributed by atoms with E-state index in [2.05, 4.69) is 46.5 Å². The van der Waals surface area contributed by atoms with Crippen LogP contribution in [0.3, 0.4) is 0 Å². The first-order valence-corrected chi connectivity index (χ1v) is 7.43. The Labute approximate surface area is 112 Å². The molecule has 0 aliphatic carbocycles. The van der Waals surface area contributed by atoms with Crippen molar-refractivity contribution in [3.05, 3.63) is 40.1 Å². The number of aromatic nitrogens is 2. The van der Waals surface area contributed by atoms with Gasteiger partial charge in [-0.05, 0) is 48.7 Å². The summed E-state index contributed by atoms with van der Waals surface area (Å²) in [5.74, 6) is 1.22. The van der Waals surface area contributed by atoms with E-state index in [0.29, 0.717) is 6.04 Å². The SMILES string of the molecule is Cc1cn(C)c(C2CCCN2Cc2ccsc2)n1. The lowest BCUT2D eigenvalue weighted by atomic mass is 10.2. The van der Waals surface area contributed by atoms with Gasteiger partial charge < -0.3 is 4.57 Å². The van der Waals surface area contributed by atoms with Crippen LogP contribution in [0.5, 0.6) is 0 Å². The lowest BCUT2D eigenvalue weighted by molar-refractivity contribution is 0.237. The van der Waals surface area contributed by atoms with E-state index in [0.717, 1.165) is 12.2 Å². The second kappa shape index (κ2) is 4.86. The molecule has 2 aromatic rings. The first kappa shape index (κ1) is 11.9. The minimum Gasteiger partial charge on any atom is -0.336 e. The summed E-state index contributed by atoms with van der Waals surface area (Å²) in [5, 5.41) is 4.41. The monoisotopic (exact) mass is 261 g/mol. The Morgan fingerprint density at radius 2 is 2.39 bits per heavy atom. The van der Waals surface area contributed by atoms with Crippen LogP contribution in [0, 0.1) is 6.92 Å². The van der Waals surface area contributed by atoms with Gasteiger partial charge in [0.1, 0.15) is 5.82 Å². The number of rotatable bonds is 3. The maximum Gasteiger partial charge on any atom is 0.126 e. The molecular weight excluding hydrogens is 242 g/mol. The maximum absolute atomic E-state index is 4.70. The molecular formula is C14H19N3S. The fourth-order valence-corrected chi connectivity index (χ4v) is 3.53. The molecule has 0 amide bonds. The number of imidazole rings is 1. The molecule has 0 N–H and O–H groups in total. The molecule has 1 aliphatic rings. The molecule has 2 aromatic heterocycles. The van der Waals surface area contributed by atoms with E-state index in [1.54, 1.807) is 11.3 Å².